The summed E-state index contributed by atoms with van der Waals surface area (Å²) >= 11 is 0. The van der Waals surface area contributed by atoms with Gasteiger partial charge in [0, 0.05) is 13.1 Å². The van der Waals surface area contributed by atoms with E-state index in [-0.39, 0.29) is 6.10 Å². The van der Waals surface area contributed by atoms with Gasteiger partial charge < -0.3 is 15.2 Å². The third-order valence-electron chi connectivity index (χ3n) is 4.05. The Morgan fingerprint density at radius 2 is 2.12 bits per heavy atom. The predicted octanol–water partition coefficient (Wildman–Crippen LogP) is 2.21. The Kier molecular flexibility index (Phi) is 4.46. The Morgan fingerprint density at radius 3 is 2.76 bits per heavy atom. The molecule has 2 rings (SSSR count). The quantitative estimate of drug-likeness (QED) is 0.790. The van der Waals surface area contributed by atoms with Gasteiger partial charge in [0.1, 0.15) is 6.10 Å². The van der Waals surface area contributed by atoms with E-state index in [9.17, 15) is 5.11 Å². The van der Waals surface area contributed by atoms with Crippen molar-refractivity contribution in [3.8, 4) is 0 Å². The smallest absolute Gasteiger partial charge is 0.110 e. The van der Waals surface area contributed by atoms with E-state index in [4.69, 9.17) is 4.74 Å². The van der Waals surface area contributed by atoms with Crippen LogP contribution < -0.4 is 5.32 Å². The summed E-state index contributed by atoms with van der Waals surface area (Å²) in [5, 5.41) is 13.8. The van der Waals surface area contributed by atoms with Crippen molar-refractivity contribution >= 4 is 0 Å². The Morgan fingerprint density at radius 1 is 1.35 bits per heavy atom. The molecule has 1 saturated carbocycles. The van der Waals surface area contributed by atoms with Crippen molar-refractivity contribution < 1.29 is 9.84 Å². The van der Waals surface area contributed by atoms with Crippen molar-refractivity contribution in [3.05, 3.63) is 12.3 Å². The zero-order valence-corrected chi connectivity index (χ0v) is 10.8. The molecule has 0 aromatic rings. The van der Waals surface area contributed by atoms with Crippen LogP contribution in [0.15, 0.2) is 12.3 Å². The van der Waals surface area contributed by atoms with Gasteiger partial charge in [0.15, 0.2) is 0 Å². The SMILES string of the molecule is CC1CCC(O)(CNCC2CCC=CO2)CC1. The molecule has 1 heterocycles. The maximum atomic E-state index is 10.4. The van der Waals surface area contributed by atoms with E-state index in [0.717, 1.165) is 51.0 Å². The minimum Gasteiger partial charge on any atom is -0.497 e. The zero-order chi connectivity index (χ0) is 12.1. The molecule has 2 N–H and O–H groups in total. The molecule has 98 valence electrons. The second-order valence-corrected chi connectivity index (χ2v) is 5.74. The molecular formula is C14H25NO2. The monoisotopic (exact) mass is 239 g/mol. The van der Waals surface area contributed by atoms with E-state index in [1.165, 1.54) is 0 Å². The van der Waals surface area contributed by atoms with Crippen LogP contribution in [0.3, 0.4) is 0 Å². The molecule has 17 heavy (non-hydrogen) atoms. The summed E-state index contributed by atoms with van der Waals surface area (Å²) in [5.41, 5.74) is -0.475. The molecular weight excluding hydrogens is 214 g/mol. The molecule has 0 radical (unpaired) electrons. The van der Waals surface area contributed by atoms with Crippen LogP contribution in [0.1, 0.15) is 45.4 Å². The molecule has 0 aromatic heterocycles. The average molecular weight is 239 g/mol. The van der Waals surface area contributed by atoms with Crippen LogP contribution in [0.2, 0.25) is 0 Å². The summed E-state index contributed by atoms with van der Waals surface area (Å²) < 4.78 is 5.49. The maximum Gasteiger partial charge on any atom is 0.110 e. The first-order chi connectivity index (χ1) is 8.18. The number of hydrogen-bond donors (Lipinski definition) is 2. The lowest BCUT2D eigenvalue weighted by Crippen LogP contribution is -2.45. The van der Waals surface area contributed by atoms with E-state index in [0.29, 0.717) is 6.54 Å². The molecule has 0 spiro atoms. The van der Waals surface area contributed by atoms with E-state index in [2.05, 4.69) is 18.3 Å². The number of aliphatic hydroxyl groups is 1. The van der Waals surface area contributed by atoms with Gasteiger partial charge in [-0.2, -0.15) is 0 Å². The number of nitrogens with one attached hydrogen (secondary N) is 1. The summed E-state index contributed by atoms with van der Waals surface area (Å²) in [4.78, 5) is 0. The van der Waals surface area contributed by atoms with E-state index >= 15 is 0 Å². The van der Waals surface area contributed by atoms with Crippen molar-refractivity contribution in [1.82, 2.24) is 5.32 Å². The molecule has 1 unspecified atom stereocenters. The molecule has 0 bridgehead atoms. The standard InChI is InChI=1S/C14H25NO2/c1-12-5-7-14(16,8-6-12)11-15-10-13-4-2-3-9-17-13/h3,9,12-13,15-16H,2,4-8,10-11H2,1H3. The fourth-order valence-corrected chi connectivity index (χ4v) is 2.68. The fraction of sp³-hybridized carbons (Fsp3) is 0.857. The Hall–Kier alpha value is -0.540. The third kappa shape index (κ3) is 4.00. The van der Waals surface area contributed by atoms with Gasteiger partial charge in [-0.3, -0.25) is 0 Å². The van der Waals surface area contributed by atoms with Crippen LogP contribution in [0.25, 0.3) is 0 Å². The lowest BCUT2D eigenvalue weighted by Gasteiger charge is -2.35. The first-order valence-electron chi connectivity index (χ1n) is 6.91. The van der Waals surface area contributed by atoms with Crippen molar-refractivity contribution in [1.29, 1.82) is 0 Å². The van der Waals surface area contributed by atoms with Crippen LogP contribution in [-0.2, 0) is 4.74 Å². The highest BCUT2D eigenvalue weighted by atomic mass is 16.5. The minimum absolute atomic E-state index is 0.283. The maximum absolute atomic E-state index is 10.4. The minimum atomic E-state index is -0.475. The summed E-state index contributed by atoms with van der Waals surface area (Å²) in [6.45, 7) is 3.83. The molecule has 0 aromatic carbocycles. The summed E-state index contributed by atoms with van der Waals surface area (Å²) in [6, 6.07) is 0. The third-order valence-corrected chi connectivity index (χ3v) is 4.05. The summed E-state index contributed by atoms with van der Waals surface area (Å²) in [6.07, 6.45) is 10.5. The van der Waals surface area contributed by atoms with Crippen LogP contribution in [-0.4, -0.2) is 29.9 Å². The Bertz CT molecular complexity index is 257. The second kappa shape index (κ2) is 5.87. The Labute approximate surface area is 104 Å². The normalized spacial score (nSPS) is 37.8. The van der Waals surface area contributed by atoms with Crippen molar-refractivity contribution in [2.24, 2.45) is 5.92 Å². The molecule has 3 nitrogen and oxygen atoms in total. The Balaban J connectivity index is 1.65. The second-order valence-electron chi connectivity index (χ2n) is 5.74. The molecule has 1 aliphatic heterocycles. The van der Waals surface area contributed by atoms with Gasteiger partial charge in [-0.05, 0) is 50.5 Å². The molecule has 1 fully saturated rings. The van der Waals surface area contributed by atoms with E-state index in [1.54, 1.807) is 6.26 Å². The molecule has 1 atom stereocenters. The van der Waals surface area contributed by atoms with Gasteiger partial charge >= 0.3 is 0 Å². The van der Waals surface area contributed by atoms with Gasteiger partial charge in [-0.25, -0.2) is 0 Å². The largest absolute Gasteiger partial charge is 0.497 e. The van der Waals surface area contributed by atoms with E-state index < -0.39 is 5.60 Å². The first-order valence-corrected chi connectivity index (χ1v) is 6.91. The molecule has 3 heteroatoms. The summed E-state index contributed by atoms with van der Waals surface area (Å²) in [7, 11) is 0. The lowest BCUT2D eigenvalue weighted by molar-refractivity contribution is -0.00870. The molecule has 0 amide bonds. The van der Waals surface area contributed by atoms with Gasteiger partial charge in [0.05, 0.1) is 11.9 Å². The zero-order valence-electron chi connectivity index (χ0n) is 10.8. The highest BCUT2D eigenvalue weighted by molar-refractivity contribution is 4.88. The highest BCUT2D eigenvalue weighted by Crippen LogP contribution is 2.31. The topological polar surface area (TPSA) is 41.5 Å². The molecule has 1 aliphatic carbocycles. The van der Waals surface area contributed by atoms with Gasteiger partial charge in [0.2, 0.25) is 0 Å². The van der Waals surface area contributed by atoms with Gasteiger partial charge in [0.25, 0.3) is 0 Å². The number of hydrogen-bond acceptors (Lipinski definition) is 3. The molecule has 0 saturated heterocycles. The lowest BCUT2D eigenvalue weighted by atomic mass is 9.79. The van der Waals surface area contributed by atoms with Crippen LogP contribution in [0.4, 0.5) is 0 Å². The van der Waals surface area contributed by atoms with E-state index in [1.807, 2.05) is 0 Å². The highest BCUT2D eigenvalue weighted by Gasteiger charge is 2.31. The van der Waals surface area contributed by atoms with Gasteiger partial charge in [-0.1, -0.05) is 6.92 Å². The van der Waals surface area contributed by atoms with Gasteiger partial charge in [-0.15, -0.1) is 0 Å². The number of ether oxygens (including phenoxy) is 1. The average Bonchev–Trinajstić information content (AvgIpc) is 2.35. The fourth-order valence-electron chi connectivity index (χ4n) is 2.68. The summed E-state index contributed by atoms with van der Waals surface area (Å²) in [5.74, 6) is 0.780. The van der Waals surface area contributed by atoms with Crippen molar-refractivity contribution in [2.75, 3.05) is 13.1 Å². The first kappa shape index (κ1) is 12.9. The van der Waals surface area contributed by atoms with Crippen molar-refractivity contribution in [2.45, 2.75) is 57.2 Å². The van der Waals surface area contributed by atoms with Crippen molar-refractivity contribution in [3.63, 3.8) is 0 Å². The van der Waals surface area contributed by atoms with Crippen LogP contribution in [0, 0.1) is 5.92 Å². The number of rotatable bonds is 4. The van der Waals surface area contributed by atoms with Crippen LogP contribution in [0.5, 0.6) is 0 Å². The molecule has 2 aliphatic rings. The predicted molar refractivity (Wildman–Crippen MR) is 68.7 cm³/mol. The number of allylic oxidation sites excluding steroid dienone is 1. The van der Waals surface area contributed by atoms with Crippen LogP contribution >= 0.6 is 0 Å².